The lowest BCUT2D eigenvalue weighted by molar-refractivity contribution is 0.500. The summed E-state index contributed by atoms with van der Waals surface area (Å²) in [6.07, 6.45) is 7.81. The topological polar surface area (TPSA) is 54.8 Å². The fraction of sp³-hybridized carbons (Fsp3) is 0.400. The van der Waals surface area contributed by atoms with Crippen LogP contribution in [-0.4, -0.2) is 33.0 Å². The predicted molar refractivity (Wildman–Crippen MR) is 106 cm³/mol. The first kappa shape index (κ1) is 17.1. The molecule has 4 rings (SSSR count). The van der Waals surface area contributed by atoms with E-state index >= 15 is 0 Å². The highest BCUT2D eigenvalue weighted by Crippen LogP contribution is 2.33. The fourth-order valence-electron chi connectivity index (χ4n) is 3.45. The molecule has 0 N–H and O–H groups in total. The van der Waals surface area contributed by atoms with Crippen molar-refractivity contribution in [1.82, 2.24) is 19.9 Å². The average Bonchev–Trinajstić information content (AvgIpc) is 3.11. The number of anilines is 1. The van der Waals surface area contributed by atoms with Crippen molar-refractivity contribution in [3.63, 3.8) is 0 Å². The van der Waals surface area contributed by atoms with Gasteiger partial charge in [0.2, 0.25) is 0 Å². The molecular weight excluding hydrogens is 342 g/mol. The zero-order chi connectivity index (χ0) is 18.1. The summed E-state index contributed by atoms with van der Waals surface area (Å²) in [4.78, 5) is 22.0. The molecule has 6 heteroatoms. The van der Waals surface area contributed by atoms with Crippen molar-refractivity contribution in [2.24, 2.45) is 0 Å². The van der Waals surface area contributed by atoms with Crippen LogP contribution >= 0.6 is 11.3 Å². The lowest BCUT2D eigenvalue weighted by Crippen LogP contribution is -2.34. The molecule has 134 valence electrons. The molecule has 1 aliphatic heterocycles. The number of nitrogens with zero attached hydrogens (tertiary/aromatic N) is 5. The number of pyridine rings is 1. The molecule has 0 unspecified atom stereocenters. The highest BCUT2D eigenvalue weighted by molar-refractivity contribution is 7.11. The summed E-state index contributed by atoms with van der Waals surface area (Å²) in [5.74, 6) is 2.43. The molecule has 1 aliphatic rings. The van der Waals surface area contributed by atoms with Crippen molar-refractivity contribution in [2.75, 3.05) is 18.0 Å². The van der Waals surface area contributed by atoms with Gasteiger partial charge in [0.1, 0.15) is 5.82 Å². The fourth-order valence-corrected chi connectivity index (χ4v) is 4.39. The van der Waals surface area contributed by atoms with E-state index in [-0.39, 0.29) is 0 Å². The van der Waals surface area contributed by atoms with Crippen molar-refractivity contribution >= 4 is 17.2 Å². The van der Waals surface area contributed by atoms with Crippen LogP contribution in [-0.2, 0) is 0 Å². The van der Waals surface area contributed by atoms with E-state index in [9.17, 15) is 0 Å². The van der Waals surface area contributed by atoms with Crippen LogP contribution in [0.15, 0.2) is 30.7 Å². The van der Waals surface area contributed by atoms with Gasteiger partial charge < -0.3 is 4.90 Å². The van der Waals surface area contributed by atoms with E-state index < -0.39 is 0 Å². The van der Waals surface area contributed by atoms with E-state index in [1.807, 2.05) is 29.7 Å². The number of piperidine rings is 1. The van der Waals surface area contributed by atoms with Crippen LogP contribution in [0.4, 0.5) is 5.82 Å². The van der Waals surface area contributed by atoms with Gasteiger partial charge in [0.05, 0.1) is 5.01 Å². The Labute approximate surface area is 158 Å². The van der Waals surface area contributed by atoms with Crippen LogP contribution in [0.25, 0.3) is 11.4 Å². The molecule has 26 heavy (non-hydrogen) atoms. The zero-order valence-electron chi connectivity index (χ0n) is 15.4. The van der Waals surface area contributed by atoms with Crippen LogP contribution in [0.1, 0.15) is 39.9 Å². The maximum atomic E-state index is 4.90. The highest BCUT2D eigenvalue weighted by Gasteiger charge is 2.25. The molecule has 0 aliphatic carbocycles. The standard InChI is InChI=1S/C20H23N5S/c1-13-12-22-20(26-13)17-6-10-25(11-7-17)19-14(2)15(3)23-18(24-19)16-4-8-21-9-5-16/h4-5,8-9,12,17H,6-7,10-11H2,1-3H3. The first-order valence-corrected chi connectivity index (χ1v) is 9.86. The lowest BCUT2D eigenvalue weighted by atomic mass is 9.97. The van der Waals surface area contributed by atoms with Gasteiger partial charge in [0, 0.05) is 59.3 Å². The van der Waals surface area contributed by atoms with Gasteiger partial charge >= 0.3 is 0 Å². The minimum absolute atomic E-state index is 0.577. The van der Waals surface area contributed by atoms with Gasteiger partial charge in [0.25, 0.3) is 0 Å². The van der Waals surface area contributed by atoms with Crippen LogP contribution in [0.2, 0.25) is 0 Å². The number of aromatic nitrogens is 4. The maximum absolute atomic E-state index is 4.90. The van der Waals surface area contributed by atoms with Crippen LogP contribution in [0.3, 0.4) is 0 Å². The first-order chi connectivity index (χ1) is 12.6. The number of hydrogen-bond donors (Lipinski definition) is 0. The van der Waals surface area contributed by atoms with E-state index in [1.54, 1.807) is 12.4 Å². The molecule has 0 atom stereocenters. The largest absolute Gasteiger partial charge is 0.356 e. The van der Waals surface area contributed by atoms with E-state index in [0.29, 0.717) is 5.92 Å². The molecule has 0 bridgehead atoms. The van der Waals surface area contributed by atoms with Gasteiger partial charge in [-0.15, -0.1) is 11.3 Å². The van der Waals surface area contributed by atoms with Crippen LogP contribution < -0.4 is 4.90 Å². The third kappa shape index (κ3) is 3.33. The normalized spacial score (nSPS) is 15.4. The Morgan fingerprint density at radius 3 is 2.42 bits per heavy atom. The molecule has 0 amide bonds. The molecule has 1 saturated heterocycles. The van der Waals surface area contributed by atoms with E-state index in [4.69, 9.17) is 4.98 Å². The molecule has 0 spiro atoms. The Morgan fingerprint density at radius 2 is 1.77 bits per heavy atom. The van der Waals surface area contributed by atoms with Gasteiger partial charge in [-0.2, -0.15) is 0 Å². The van der Waals surface area contributed by atoms with E-state index in [2.05, 4.69) is 40.6 Å². The molecule has 0 radical (unpaired) electrons. The maximum Gasteiger partial charge on any atom is 0.161 e. The van der Waals surface area contributed by atoms with Gasteiger partial charge in [0.15, 0.2) is 5.82 Å². The summed E-state index contributed by atoms with van der Waals surface area (Å²) in [6, 6.07) is 3.93. The number of aryl methyl sites for hydroxylation is 2. The van der Waals surface area contributed by atoms with Crippen molar-refractivity contribution in [1.29, 1.82) is 0 Å². The molecule has 0 saturated carbocycles. The minimum Gasteiger partial charge on any atom is -0.356 e. The quantitative estimate of drug-likeness (QED) is 0.692. The van der Waals surface area contributed by atoms with E-state index in [1.165, 1.54) is 15.4 Å². The van der Waals surface area contributed by atoms with Gasteiger partial charge in [-0.1, -0.05) is 0 Å². The minimum atomic E-state index is 0.577. The highest BCUT2D eigenvalue weighted by atomic mass is 32.1. The number of thiazole rings is 1. The Bertz CT molecular complexity index is 898. The van der Waals surface area contributed by atoms with Gasteiger partial charge in [-0.25, -0.2) is 15.0 Å². The molecule has 0 aromatic carbocycles. The Hall–Kier alpha value is -2.34. The number of rotatable bonds is 3. The van der Waals surface area contributed by atoms with E-state index in [0.717, 1.165) is 48.8 Å². The predicted octanol–water partition coefficient (Wildman–Crippen LogP) is 4.30. The summed E-state index contributed by atoms with van der Waals surface area (Å²) in [5, 5.41) is 1.29. The third-order valence-corrected chi connectivity index (χ3v) is 6.16. The monoisotopic (exact) mass is 365 g/mol. The Balaban J connectivity index is 1.57. The second-order valence-corrected chi connectivity index (χ2v) is 8.15. The second-order valence-electron chi connectivity index (χ2n) is 6.89. The van der Waals surface area contributed by atoms with Gasteiger partial charge in [-0.3, -0.25) is 4.98 Å². The third-order valence-electron chi connectivity index (χ3n) is 5.08. The Kier molecular flexibility index (Phi) is 4.68. The molecule has 5 nitrogen and oxygen atoms in total. The average molecular weight is 366 g/mol. The summed E-state index contributed by atoms with van der Waals surface area (Å²) >= 11 is 1.84. The summed E-state index contributed by atoms with van der Waals surface area (Å²) in [7, 11) is 0. The van der Waals surface area contributed by atoms with Gasteiger partial charge in [-0.05, 0) is 45.7 Å². The summed E-state index contributed by atoms with van der Waals surface area (Å²) in [5.41, 5.74) is 3.23. The van der Waals surface area contributed by atoms with Crippen LogP contribution in [0.5, 0.6) is 0 Å². The second kappa shape index (κ2) is 7.11. The van der Waals surface area contributed by atoms with Crippen molar-refractivity contribution < 1.29 is 0 Å². The molecule has 4 heterocycles. The van der Waals surface area contributed by atoms with Crippen molar-refractivity contribution in [3.8, 4) is 11.4 Å². The molecular formula is C20H23N5S. The summed E-state index contributed by atoms with van der Waals surface area (Å²) in [6.45, 7) is 8.34. The molecule has 1 fully saturated rings. The lowest BCUT2D eigenvalue weighted by Gasteiger charge is -2.33. The number of hydrogen-bond acceptors (Lipinski definition) is 6. The zero-order valence-corrected chi connectivity index (χ0v) is 16.3. The molecule has 3 aromatic rings. The van der Waals surface area contributed by atoms with Crippen LogP contribution in [0, 0.1) is 20.8 Å². The van der Waals surface area contributed by atoms with Crippen molar-refractivity contribution in [2.45, 2.75) is 39.5 Å². The summed E-state index contributed by atoms with van der Waals surface area (Å²) < 4.78 is 0. The SMILES string of the molecule is Cc1cnc(C2CCN(c3nc(-c4ccncc4)nc(C)c3C)CC2)s1. The van der Waals surface area contributed by atoms with Crippen molar-refractivity contribution in [3.05, 3.63) is 51.9 Å². The Morgan fingerprint density at radius 1 is 1.04 bits per heavy atom. The molecule has 3 aromatic heterocycles. The smallest absolute Gasteiger partial charge is 0.161 e. The first-order valence-electron chi connectivity index (χ1n) is 9.04.